The second kappa shape index (κ2) is 5.53. The molecule has 0 aromatic heterocycles. The number of carbonyl (C=O) groups excluding carboxylic acids is 2. The molecule has 0 bridgehead atoms. The van der Waals surface area contributed by atoms with Gasteiger partial charge in [-0.1, -0.05) is 12.1 Å². The Bertz CT molecular complexity index is 448. The molecule has 1 unspecified atom stereocenters. The van der Waals surface area contributed by atoms with Crippen LogP contribution in [0.15, 0.2) is 24.3 Å². The number of para-hydroxylation sites is 1. The molecule has 0 spiro atoms. The number of amides is 2. The topological polar surface area (TPSA) is 58.6 Å². The normalized spacial score (nSPS) is 18.5. The third kappa shape index (κ3) is 2.30. The van der Waals surface area contributed by atoms with Gasteiger partial charge < -0.3 is 15.0 Å². The van der Waals surface area contributed by atoms with E-state index < -0.39 is 0 Å². The van der Waals surface area contributed by atoms with Crippen LogP contribution in [-0.2, 0) is 4.79 Å². The first-order valence-corrected chi connectivity index (χ1v) is 5.91. The lowest BCUT2D eigenvalue weighted by Gasteiger charge is -2.24. The predicted octanol–water partition coefficient (Wildman–Crippen LogP) is 1.00. The van der Waals surface area contributed by atoms with Crippen LogP contribution in [-0.4, -0.2) is 37.0 Å². The SMILES string of the molecule is COc1ccccc1C(=O)N1CCCC1NC=O. The number of carbonyl (C=O) groups is 2. The highest BCUT2D eigenvalue weighted by molar-refractivity contribution is 5.97. The van der Waals surface area contributed by atoms with Crippen molar-refractivity contribution >= 4 is 12.3 Å². The molecule has 1 aliphatic heterocycles. The second-order valence-corrected chi connectivity index (χ2v) is 4.14. The third-order valence-corrected chi connectivity index (χ3v) is 3.11. The molecule has 0 saturated carbocycles. The average Bonchev–Trinajstić information content (AvgIpc) is 2.86. The summed E-state index contributed by atoms with van der Waals surface area (Å²) in [6, 6.07) is 7.11. The molecule has 1 atom stereocenters. The number of nitrogens with zero attached hydrogens (tertiary/aromatic N) is 1. The van der Waals surface area contributed by atoms with Gasteiger partial charge in [-0.05, 0) is 25.0 Å². The van der Waals surface area contributed by atoms with E-state index in [0.717, 1.165) is 12.8 Å². The van der Waals surface area contributed by atoms with Crippen molar-refractivity contribution in [1.29, 1.82) is 0 Å². The van der Waals surface area contributed by atoms with E-state index in [2.05, 4.69) is 5.32 Å². The lowest BCUT2D eigenvalue weighted by molar-refractivity contribution is -0.110. The molecule has 2 rings (SSSR count). The Morgan fingerprint density at radius 1 is 1.50 bits per heavy atom. The molecular formula is C13H16N2O3. The Morgan fingerprint density at radius 3 is 3.00 bits per heavy atom. The maximum atomic E-state index is 12.4. The van der Waals surface area contributed by atoms with Gasteiger partial charge in [0.15, 0.2) is 0 Å². The van der Waals surface area contributed by atoms with Crippen molar-refractivity contribution in [2.24, 2.45) is 0 Å². The van der Waals surface area contributed by atoms with Crippen molar-refractivity contribution in [3.63, 3.8) is 0 Å². The zero-order chi connectivity index (χ0) is 13.0. The summed E-state index contributed by atoms with van der Waals surface area (Å²) in [5.74, 6) is 0.448. The van der Waals surface area contributed by atoms with E-state index in [1.54, 1.807) is 23.1 Å². The molecule has 5 nitrogen and oxygen atoms in total. The molecule has 1 aliphatic rings. The number of nitrogens with one attached hydrogen (secondary N) is 1. The molecule has 18 heavy (non-hydrogen) atoms. The summed E-state index contributed by atoms with van der Waals surface area (Å²) in [6.45, 7) is 0.655. The zero-order valence-electron chi connectivity index (χ0n) is 10.3. The first-order chi connectivity index (χ1) is 8.77. The minimum atomic E-state index is -0.208. The van der Waals surface area contributed by atoms with E-state index >= 15 is 0 Å². The average molecular weight is 248 g/mol. The van der Waals surface area contributed by atoms with Gasteiger partial charge in [-0.15, -0.1) is 0 Å². The largest absolute Gasteiger partial charge is 0.496 e. The minimum Gasteiger partial charge on any atom is -0.496 e. The highest BCUT2D eigenvalue weighted by atomic mass is 16.5. The smallest absolute Gasteiger partial charge is 0.259 e. The van der Waals surface area contributed by atoms with Gasteiger partial charge in [0.1, 0.15) is 11.9 Å². The van der Waals surface area contributed by atoms with E-state index in [0.29, 0.717) is 24.3 Å². The summed E-state index contributed by atoms with van der Waals surface area (Å²) < 4.78 is 5.18. The molecule has 2 amide bonds. The first-order valence-electron chi connectivity index (χ1n) is 5.91. The fourth-order valence-corrected chi connectivity index (χ4v) is 2.24. The number of methoxy groups -OCH3 is 1. The fraction of sp³-hybridized carbons (Fsp3) is 0.385. The van der Waals surface area contributed by atoms with E-state index in [1.165, 1.54) is 7.11 Å². The van der Waals surface area contributed by atoms with Crippen LogP contribution in [0.1, 0.15) is 23.2 Å². The number of hydrogen-bond donors (Lipinski definition) is 1. The van der Waals surface area contributed by atoms with Crippen molar-refractivity contribution in [1.82, 2.24) is 10.2 Å². The second-order valence-electron chi connectivity index (χ2n) is 4.14. The van der Waals surface area contributed by atoms with Gasteiger partial charge in [0.2, 0.25) is 6.41 Å². The highest BCUT2D eigenvalue weighted by Crippen LogP contribution is 2.23. The van der Waals surface area contributed by atoms with Crippen LogP contribution in [0.4, 0.5) is 0 Å². The van der Waals surface area contributed by atoms with Gasteiger partial charge in [0.25, 0.3) is 5.91 Å². The van der Waals surface area contributed by atoms with Crippen LogP contribution < -0.4 is 10.1 Å². The monoisotopic (exact) mass is 248 g/mol. The molecule has 1 heterocycles. The maximum Gasteiger partial charge on any atom is 0.259 e. The van der Waals surface area contributed by atoms with Gasteiger partial charge in [-0.2, -0.15) is 0 Å². The van der Waals surface area contributed by atoms with Crippen molar-refractivity contribution in [3.05, 3.63) is 29.8 Å². The fourth-order valence-electron chi connectivity index (χ4n) is 2.24. The summed E-state index contributed by atoms with van der Waals surface area (Å²) in [7, 11) is 1.54. The molecule has 1 N–H and O–H groups in total. The highest BCUT2D eigenvalue weighted by Gasteiger charge is 2.30. The van der Waals surface area contributed by atoms with E-state index in [4.69, 9.17) is 4.74 Å². The number of hydrogen-bond acceptors (Lipinski definition) is 3. The summed E-state index contributed by atoms with van der Waals surface area (Å²) in [5.41, 5.74) is 0.527. The van der Waals surface area contributed by atoms with Crippen molar-refractivity contribution in [3.8, 4) is 5.75 Å². The molecule has 1 saturated heterocycles. The summed E-state index contributed by atoms with van der Waals surface area (Å²) in [4.78, 5) is 24.6. The maximum absolute atomic E-state index is 12.4. The minimum absolute atomic E-state index is 0.107. The lowest BCUT2D eigenvalue weighted by Crippen LogP contribution is -2.44. The lowest BCUT2D eigenvalue weighted by atomic mass is 10.1. The Kier molecular flexibility index (Phi) is 3.82. The molecule has 96 valence electrons. The van der Waals surface area contributed by atoms with Gasteiger partial charge >= 0.3 is 0 Å². The molecule has 1 aromatic rings. The molecule has 1 aromatic carbocycles. The van der Waals surface area contributed by atoms with Crippen molar-refractivity contribution in [2.75, 3.05) is 13.7 Å². The zero-order valence-corrected chi connectivity index (χ0v) is 10.3. The summed E-state index contributed by atoms with van der Waals surface area (Å²) in [6.07, 6.45) is 2.12. The number of benzene rings is 1. The van der Waals surface area contributed by atoms with Gasteiger partial charge in [-0.25, -0.2) is 0 Å². The van der Waals surface area contributed by atoms with Crippen molar-refractivity contribution in [2.45, 2.75) is 19.0 Å². The van der Waals surface area contributed by atoms with Crippen LogP contribution in [0.5, 0.6) is 5.75 Å². The molecule has 5 heteroatoms. The Labute approximate surface area is 106 Å². The van der Waals surface area contributed by atoms with Gasteiger partial charge in [0.05, 0.1) is 12.7 Å². The number of likely N-dealkylation sites (tertiary alicyclic amines) is 1. The van der Waals surface area contributed by atoms with Crippen LogP contribution in [0, 0.1) is 0 Å². The Morgan fingerprint density at radius 2 is 2.28 bits per heavy atom. The third-order valence-electron chi connectivity index (χ3n) is 3.11. The van der Waals surface area contributed by atoms with Crippen LogP contribution in [0.25, 0.3) is 0 Å². The molecule has 0 radical (unpaired) electrons. The van der Waals surface area contributed by atoms with Gasteiger partial charge in [0, 0.05) is 6.54 Å². The van der Waals surface area contributed by atoms with Crippen LogP contribution in [0.3, 0.4) is 0 Å². The van der Waals surface area contributed by atoms with E-state index in [1.807, 2.05) is 6.07 Å². The summed E-state index contributed by atoms with van der Waals surface area (Å²) >= 11 is 0. The number of ether oxygens (including phenoxy) is 1. The summed E-state index contributed by atoms with van der Waals surface area (Å²) in [5, 5.41) is 2.67. The Balaban J connectivity index is 2.22. The molecule has 1 fully saturated rings. The standard InChI is InChI=1S/C13H16N2O3/c1-18-11-6-3-2-5-10(11)13(17)15-8-4-7-12(15)14-9-16/h2-3,5-6,9,12H,4,7-8H2,1H3,(H,14,16). The number of rotatable bonds is 4. The van der Waals surface area contributed by atoms with Crippen LogP contribution >= 0.6 is 0 Å². The molecular weight excluding hydrogens is 232 g/mol. The quantitative estimate of drug-likeness (QED) is 0.809. The van der Waals surface area contributed by atoms with E-state index in [9.17, 15) is 9.59 Å². The van der Waals surface area contributed by atoms with Gasteiger partial charge in [-0.3, -0.25) is 9.59 Å². The molecule has 0 aliphatic carbocycles. The van der Waals surface area contributed by atoms with Crippen LogP contribution in [0.2, 0.25) is 0 Å². The Hall–Kier alpha value is -2.04. The van der Waals surface area contributed by atoms with Crippen molar-refractivity contribution < 1.29 is 14.3 Å². The first kappa shape index (κ1) is 12.4. The predicted molar refractivity (Wildman–Crippen MR) is 66.3 cm³/mol. The van der Waals surface area contributed by atoms with E-state index in [-0.39, 0.29) is 12.1 Å².